The maximum absolute atomic E-state index is 5.38. The van der Waals surface area contributed by atoms with E-state index >= 15 is 0 Å². The van der Waals surface area contributed by atoms with Gasteiger partial charge in [-0.05, 0) is 43.3 Å². The number of benzene rings is 2. The van der Waals surface area contributed by atoms with Crippen molar-refractivity contribution < 1.29 is 4.74 Å². The van der Waals surface area contributed by atoms with Crippen molar-refractivity contribution in [2.24, 2.45) is 0 Å². The number of fused-ring (bicyclic) bond motifs is 1. The topological polar surface area (TPSA) is 37.0 Å². The molecule has 0 saturated heterocycles. The van der Waals surface area contributed by atoms with Gasteiger partial charge in [0.2, 0.25) is 0 Å². The smallest absolute Gasteiger partial charge is 0.119 e. The molecule has 2 N–H and O–H groups in total. The summed E-state index contributed by atoms with van der Waals surface area (Å²) >= 11 is 3.54. The minimum absolute atomic E-state index is 0.826. The normalized spacial score (nSPS) is 10.7. The van der Waals surface area contributed by atoms with E-state index in [1.54, 1.807) is 7.11 Å². The highest BCUT2D eigenvalue weighted by molar-refractivity contribution is 9.10. The molecule has 4 heteroatoms. The molecule has 1 heterocycles. The number of methoxy groups -OCH3 is 1. The van der Waals surface area contributed by atoms with Gasteiger partial charge in [-0.3, -0.25) is 0 Å². The first-order valence-corrected chi connectivity index (χ1v) is 7.75. The van der Waals surface area contributed by atoms with Crippen LogP contribution in [0, 0.1) is 0 Å². The van der Waals surface area contributed by atoms with Crippen LogP contribution in [0.15, 0.2) is 59.3 Å². The van der Waals surface area contributed by atoms with Gasteiger partial charge in [0.25, 0.3) is 0 Å². The molecule has 0 aliphatic rings. The van der Waals surface area contributed by atoms with E-state index in [1.165, 1.54) is 0 Å². The summed E-state index contributed by atoms with van der Waals surface area (Å²) < 4.78 is 6.43. The highest BCUT2D eigenvalue weighted by atomic mass is 79.9. The summed E-state index contributed by atoms with van der Waals surface area (Å²) in [7, 11) is 1.68. The second-order valence-corrected chi connectivity index (χ2v) is 6.12. The number of halogens is 1. The fraction of sp³-hybridized carbons (Fsp3) is 0.111. The number of ether oxygens (including phenoxy) is 1. The Kier molecular flexibility index (Phi) is 3.94. The molecular formula is C18H17BrN2O. The molecular weight excluding hydrogens is 340 g/mol. The third-order valence-corrected chi connectivity index (χ3v) is 4.00. The van der Waals surface area contributed by atoms with Gasteiger partial charge in [-0.2, -0.15) is 0 Å². The quantitative estimate of drug-likeness (QED) is 0.642. The van der Waals surface area contributed by atoms with Crippen molar-refractivity contribution in [3.05, 3.63) is 59.3 Å². The third-order valence-electron chi connectivity index (χ3n) is 3.51. The van der Waals surface area contributed by atoms with Gasteiger partial charge < -0.3 is 15.0 Å². The van der Waals surface area contributed by atoms with Gasteiger partial charge in [0.15, 0.2) is 0 Å². The number of H-pyrrole nitrogens is 1. The molecule has 0 saturated carbocycles. The molecule has 112 valence electrons. The number of nitrogens with one attached hydrogen (secondary N) is 2. The summed E-state index contributed by atoms with van der Waals surface area (Å²) in [6, 6.07) is 12.2. The molecule has 0 aliphatic heterocycles. The van der Waals surface area contributed by atoms with Crippen LogP contribution in [0.3, 0.4) is 0 Å². The van der Waals surface area contributed by atoms with Crippen molar-refractivity contribution >= 4 is 32.5 Å². The minimum atomic E-state index is 0.826. The van der Waals surface area contributed by atoms with E-state index in [2.05, 4.69) is 44.9 Å². The van der Waals surface area contributed by atoms with Crippen LogP contribution in [-0.4, -0.2) is 12.1 Å². The fourth-order valence-corrected chi connectivity index (χ4v) is 2.89. The van der Waals surface area contributed by atoms with E-state index < -0.39 is 0 Å². The van der Waals surface area contributed by atoms with Crippen LogP contribution in [0.25, 0.3) is 22.0 Å². The van der Waals surface area contributed by atoms with E-state index in [0.29, 0.717) is 0 Å². The Morgan fingerprint density at radius 1 is 1.18 bits per heavy atom. The summed E-state index contributed by atoms with van der Waals surface area (Å²) in [5.41, 5.74) is 5.20. The lowest BCUT2D eigenvalue weighted by Crippen LogP contribution is -1.96. The molecule has 0 aliphatic carbocycles. The van der Waals surface area contributed by atoms with Gasteiger partial charge in [0.05, 0.1) is 7.11 Å². The van der Waals surface area contributed by atoms with Crippen LogP contribution in [0.5, 0.6) is 5.75 Å². The first kappa shape index (κ1) is 14.7. The lowest BCUT2D eigenvalue weighted by atomic mass is 10.0. The van der Waals surface area contributed by atoms with E-state index in [-0.39, 0.29) is 0 Å². The summed E-state index contributed by atoms with van der Waals surface area (Å²) in [5, 5.41) is 4.48. The van der Waals surface area contributed by atoms with Gasteiger partial charge >= 0.3 is 0 Å². The maximum Gasteiger partial charge on any atom is 0.119 e. The molecule has 0 spiro atoms. The van der Waals surface area contributed by atoms with Crippen LogP contribution < -0.4 is 10.1 Å². The lowest BCUT2D eigenvalue weighted by Gasteiger charge is -2.13. The lowest BCUT2D eigenvalue weighted by molar-refractivity contribution is 0.415. The maximum atomic E-state index is 5.38. The molecule has 2 aromatic carbocycles. The number of anilines is 1. The van der Waals surface area contributed by atoms with Gasteiger partial charge in [0.1, 0.15) is 5.75 Å². The van der Waals surface area contributed by atoms with E-state index in [9.17, 15) is 0 Å². The highest BCUT2D eigenvalue weighted by Crippen LogP contribution is 2.37. The molecule has 3 rings (SSSR count). The predicted molar refractivity (Wildman–Crippen MR) is 96.4 cm³/mol. The average molecular weight is 357 g/mol. The van der Waals surface area contributed by atoms with Crippen LogP contribution in [0.2, 0.25) is 0 Å². The zero-order chi connectivity index (χ0) is 15.7. The summed E-state index contributed by atoms with van der Waals surface area (Å²) in [5.74, 6) is 0.826. The van der Waals surface area contributed by atoms with E-state index in [4.69, 9.17) is 4.74 Å². The summed E-state index contributed by atoms with van der Waals surface area (Å²) in [4.78, 5) is 3.32. The zero-order valence-electron chi connectivity index (χ0n) is 12.5. The van der Waals surface area contributed by atoms with Gasteiger partial charge in [-0.1, -0.05) is 22.5 Å². The molecule has 0 fully saturated rings. The van der Waals surface area contributed by atoms with Crippen molar-refractivity contribution in [1.82, 2.24) is 4.98 Å². The van der Waals surface area contributed by atoms with Crippen molar-refractivity contribution in [2.45, 2.75) is 6.92 Å². The second kappa shape index (κ2) is 5.89. The first-order valence-electron chi connectivity index (χ1n) is 6.96. The molecule has 22 heavy (non-hydrogen) atoms. The summed E-state index contributed by atoms with van der Waals surface area (Å²) in [6.07, 6.45) is 2.02. The van der Waals surface area contributed by atoms with Crippen LogP contribution >= 0.6 is 15.9 Å². The van der Waals surface area contributed by atoms with Crippen molar-refractivity contribution in [3.8, 4) is 16.9 Å². The van der Waals surface area contributed by atoms with Crippen LogP contribution in [0.4, 0.5) is 5.69 Å². The number of rotatable bonds is 4. The predicted octanol–water partition coefficient (Wildman–Crippen LogP) is 5.55. The van der Waals surface area contributed by atoms with Crippen LogP contribution in [-0.2, 0) is 0 Å². The van der Waals surface area contributed by atoms with Crippen LogP contribution in [0.1, 0.15) is 6.92 Å². The van der Waals surface area contributed by atoms with Crippen molar-refractivity contribution in [2.75, 3.05) is 12.4 Å². The largest absolute Gasteiger partial charge is 0.497 e. The minimum Gasteiger partial charge on any atom is -0.497 e. The first-order chi connectivity index (χ1) is 10.6. The van der Waals surface area contributed by atoms with Gasteiger partial charge in [-0.15, -0.1) is 0 Å². The highest BCUT2D eigenvalue weighted by Gasteiger charge is 2.12. The second-order valence-electron chi connectivity index (χ2n) is 5.21. The molecule has 0 amide bonds. The monoisotopic (exact) mass is 356 g/mol. The third kappa shape index (κ3) is 2.74. The number of aromatic amines is 1. The number of allylic oxidation sites excluding steroid dienone is 1. The fourth-order valence-electron chi connectivity index (χ4n) is 2.53. The van der Waals surface area contributed by atoms with E-state index in [0.717, 1.165) is 43.6 Å². The number of hydrogen-bond acceptors (Lipinski definition) is 2. The number of hydrogen-bond donors (Lipinski definition) is 2. The SMILES string of the molecule is C=C(C)Nc1ccc(OC)cc1-c1c[nH]c2ccc(Br)cc12. The van der Waals surface area contributed by atoms with E-state index in [1.807, 2.05) is 37.4 Å². The van der Waals surface area contributed by atoms with Gasteiger partial charge in [-0.25, -0.2) is 0 Å². The molecule has 0 atom stereocenters. The Hall–Kier alpha value is -2.20. The standard InChI is InChI=1S/C18H17BrN2O/c1-11(2)21-18-7-5-13(22-3)9-15(18)16-10-20-17-6-4-12(19)8-14(16)17/h4-10,20-21H,1H2,2-3H3. The molecule has 0 bridgehead atoms. The zero-order valence-corrected chi connectivity index (χ0v) is 14.1. The Bertz CT molecular complexity index is 851. The molecule has 1 aromatic heterocycles. The Balaban J connectivity index is 2.23. The number of aromatic nitrogens is 1. The molecule has 3 aromatic rings. The van der Waals surface area contributed by atoms with Gasteiger partial charge in [0, 0.05) is 44.1 Å². The molecule has 0 unspecified atom stereocenters. The Morgan fingerprint density at radius 3 is 2.73 bits per heavy atom. The molecule has 3 nitrogen and oxygen atoms in total. The average Bonchev–Trinajstić information content (AvgIpc) is 2.90. The Morgan fingerprint density at radius 2 is 2.00 bits per heavy atom. The Labute approximate surface area is 138 Å². The van der Waals surface area contributed by atoms with Crippen molar-refractivity contribution in [1.29, 1.82) is 0 Å². The molecule has 0 radical (unpaired) electrons. The van der Waals surface area contributed by atoms with Crippen molar-refractivity contribution in [3.63, 3.8) is 0 Å². The summed E-state index contributed by atoms with van der Waals surface area (Å²) in [6.45, 7) is 5.88.